The highest BCUT2D eigenvalue weighted by Gasteiger charge is 2.16. The van der Waals surface area contributed by atoms with Gasteiger partial charge in [0.2, 0.25) is 0 Å². The molecule has 0 aliphatic heterocycles. The Balaban J connectivity index is 2.07. The lowest BCUT2D eigenvalue weighted by molar-refractivity contribution is 0.273. The summed E-state index contributed by atoms with van der Waals surface area (Å²) in [5, 5.41) is 24.7. The molecule has 7 nitrogen and oxygen atoms in total. The lowest BCUT2D eigenvalue weighted by Gasteiger charge is -2.09. The first kappa shape index (κ1) is 16.9. The maximum atomic E-state index is 12.0. The highest BCUT2D eigenvalue weighted by atomic mass is 32.2. The van der Waals surface area contributed by atoms with Gasteiger partial charge in [0.05, 0.1) is 0 Å². The van der Waals surface area contributed by atoms with Crippen LogP contribution in [-0.2, 0) is 15.9 Å². The zero-order valence-corrected chi connectivity index (χ0v) is 13.2. The molecule has 1 unspecified atom stereocenters. The van der Waals surface area contributed by atoms with Gasteiger partial charge in [-0.1, -0.05) is 31.2 Å². The minimum Gasteiger partial charge on any atom is -0.396 e. The van der Waals surface area contributed by atoms with Crippen molar-refractivity contribution >= 4 is 10.1 Å². The second kappa shape index (κ2) is 7.17. The van der Waals surface area contributed by atoms with Gasteiger partial charge in [0.25, 0.3) is 5.88 Å². The molecule has 0 saturated carbocycles. The van der Waals surface area contributed by atoms with Crippen LogP contribution in [0.25, 0.3) is 0 Å². The summed E-state index contributed by atoms with van der Waals surface area (Å²) in [6.07, 6.45) is 0. The third kappa shape index (κ3) is 4.74. The summed E-state index contributed by atoms with van der Waals surface area (Å²) in [5.74, 6) is -0.511. The molecule has 120 valence electrons. The molecule has 1 heterocycles. The van der Waals surface area contributed by atoms with E-state index < -0.39 is 10.1 Å². The van der Waals surface area contributed by atoms with E-state index in [0.717, 1.165) is 5.56 Å². The number of aliphatic hydroxyl groups is 1. The third-order valence-electron chi connectivity index (χ3n) is 3.13. The minimum absolute atomic E-state index is 0.00849. The average Bonchev–Trinajstić information content (AvgIpc) is 2.54. The predicted molar refractivity (Wildman–Crippen MR) is 81.9 cm³/mol. The summed E-state index contributed by atoms with van der Waals surface area (Å²) in [5.41, 5.74) is 1.55. The van der Waals surface area contributed by atoms with Crippen molar-refractivity contribution in [2.45, 2.75) is 18.6 Å². The number of nitrogens with zero attached hydrogens (tertiary/aromatic N) is 3. The fraction of sp³-hybridized carbons (Fsp3) is 0.267. The van der Waals surface area contributed by atoms with Gasteiger partial charge in [-0.3, -0.25) is 0 Å². The first-order valence-corrected chi connectivity index (χ1v) is 8.37. The topological polar surface area (TPSA) is 113 Å². The Bertz CT molecular complexity index is 796. The summed E-state index contributed by atoms with van der Waals surface area (Å²) in [7, 11) is -3.88. The zero-order valence-electron chi connectivity index (χ0n) is 12.4. The summed E-state index contributed by atoms with van der Waals surface area (Å²) in [6.45, 7) is 1.90. The summed E-state index contributed by atoms with van der Waals surface area (Å²) < 4.78 is 28.9. The molecular formula is C15H15N3O4S. The first-order chi connectivity index (χ1) is 10.9. The Morgan fingerprint density at radius 3 is 2.43 bits per heavy atom. The molecule has 23 heavy (non-hydrogen) atoms. The Labute approximate surface area is 134 Å². The molecule has 0 radical (unpaired) electrons. The van der Waals surface area contributed by atoms with Crippen molar-refractivity contribution < 1.29 is 17.7 Å². The van der Waals surface area contributed by atoms with E-state index in [4.69, 9.17) is 14.6 Å². The molecule has 0 saturated heterocycles. The van der Waals surface area contributed by atoms with Crippen LogP contribution in [-0.4, -0.2) is 30.3 Å². The van der Waals surface area contributed by atoms with Gasteiger partial charge in [0.15, 0.2) is 5.69 Å². The van der Waals surface area contributed by atoms with Crippen molar-refractivity contribution in [2.75, 3.05) is 6.61 Å². The largest absolute Gasteiger partial charge is 0.396 e. The highest BCUT2D eigenvalue weighted by Crippen LogP contribution is 2.17. The van der Waals surface area contributed by atoms with E-state index in [1.54, 1.807) is 30.3 Å². The molecule has 0 bridgehead atoms. The third-order valence-corrected chi connectivity index (χ3v) is 4.24. The molecular weight excluding hydrogens is 318 g/mol. The van der Waals surface area contributed by atoms with Gasteiger partial charge in [-0.2, -0.15) is 13.7 Å². The molecule has 0 amide bonds. The Morgan fingerprint density at radius 1 is 1.22 bits per heavy atom. The van der Waals surface area contributed by atoms with Crippen LogP contribution < -0.4 is 4.18 Å². The van der Waals surface area contributed by atoms with Crippen LogP contribution in [0.1, 0.15) is 29.7 Å². The van der Waals surface area contributed by atoms with E-state index in [1.165, 1.54) is 12.1 Å². The summed E-state index contributed by atoms with van der Waals surface area (Å²) in [6, 6.07) is 11.3. The Kier molecular flexibility index (Phi) is 5.26. The van der Waals surface area contributed by atoms with E-state index in [-0.39, 0.29) is 29.9 Å². The van der Waals surface area contributed by atoms with Gasteiger partial charge < -0.3 is 9.29 Å². The second-order valence-electron chi connectivity index (χ2n) is 4.98. The Hall–Kier alpha value is -2.50. The van der Waals surface area contributed by atoms with E-state index in [1.807, 2.05) is 6.92 Å². The molecule has 0 aliphatic carbocycles. The van der Waals surface area contributed by atoms with Crippen molar-refractivity contribution in [3.63, 3.8) is 0 Å². The number of hydrogen-bond donors (Lipinski definition) is 1. The SMILES string of the molecule is CC(CO)c1ccc(CS(=O)(=O)Oc2ccc(C#N)nn2)cc1. The fourth-order valence-corrected chi connectivity index (χ4v) is 2.84. The molecule has 1 aromatic carbocycles. The van der Waals surface area contributed by atoms with Crippen LogP contribution in [0.4, 0.5) is 0 Å². The van der Waals surface area contributed by atoms with Crippen molar-refractivity contribution in [1.82, 2.24) is 10.2 Å². The van der Waals surface area contributed by atoms with Crippen LogP contribution in [0.5, 0.6) is 5.88 Å². The van der Waals surface area contributed by atoms with E-state index in [2.05, 4.69) is 10.2 Å². The molecule has 0 aliphatic rings. The highest BCUT2D eigenvalue weighted by molar-refractivity contribution is 7.86. The zero-order chi connectivity index (χ0) is 16.9. The fourth-order valence-electron chi connectivity index (χ4n) is 1.84. The second-order valence-corrected chi connectivity index (χ2v) is 6.55. The van der Waals surface area contributed by atoms with Gasteiger partial charge >= 0.3 is 10.1 Å². The van der Waals surface area contributed by atoms with Crippen LogP contribution in [0.2, 0.25) is 0 Å². The normalized spacial score (nSPS) is 12.4. The molecule has 2 aromatic rings. The summed E-state index contributed by atoms with van der Waals surface area (Å²) in [4.78, 5) is 0. The van der Waals surface area contributed by atoms with Crippen molar-refractivity contribution in [1.29, 1.82) is 5.26 Å². The minimum atomic E-state index is -3.88. The molecule has 1 atom stereocenters. The van der Waals surface area contributed by atoms with Crippen LogP contribution in [0.15, 0.2) is 36.4 Å². The van der Waals surface area contributed by atoms with E-state index in [9.17, 15) is 8.42 Å². The maximum Gasteiger partial charge on any atom is 0.314 e. The monoisotopic (exact) mass is 333 g/mol. The summed E-state index contributed by atoms with van der Waals surface area (Å²) >= 11 is 0. The van der Waals surface area contributed by atoms with Gasteiger partial charge in [-0.05, 0) is 17.2 Å². The molecule has 0 spiro atoms. The number of rotatable bonds is 6. The number of aliphatic hydroxyl groups excluding tert-OH is 1. The van der Waals surface area contributed by atoms with Gasteiger partial charge in [0, 0.05) is 18.6 Å². The van der Waals surface area contributed by atoms with E-state index >= 15 is 0 Å². The molecule has 1 aromatic heterocycles. The molecule has 8 heteroatoms. The van der Waals surface area contributed by atoms with Gasteiger partial charge in [-0.15, -0.1) is 10.2 Å². The lowest BCUT2D eigenvalue weighted by atomic mass is 10.0. The number of benzene rings is 1. The predicted octanol–water partition coefficient (Wildman–Crippen LogP) is 1.35. The molecule has 2 rings (SSSR count). The number of aromatic nitrogens is 2. The van der Waals surface area contributed by atoms with E-state index in [0.29, 0.717) is 5.56 Å². The quantitative estimate of drug-likeness (QED) is 0.794. The number of hydrogen-bond acceptors (Lipinski definition) is 7. The lowest BCUT2D eigenvalue weighted by Crippen LogP contribution is -2.13. The number of nitriles is 1. The molecule has 0 fully saturated rings. The smallest absolute Gasteiger partial charge is 0.314 e. The van der Waals surface area contributed by atoms with Crippen LogP contribution in [0, 0.1) is 11.3 Å². The van der Waals surface area contributed by atoms with Crippen molar-refractivity contribution in [3.8, 4) is 11.9 Å². The average molecular weight is 333 g/mol. The van der Waals surface area contributed by atoms with Gasteiger partial charge in [-0.25, -0.2) is 0 Å². The maximum absolute atomic E-state index is 12.0. The standard InChI is InChI=1S/C15H15N3O4S/c1-11(9-19)13-4-2-12(3-5-13)10-23(20,21)22-15-7-6-14(8-16)17-18-15/h2-7,11,19H,9-10H2,1H3. The Morgan fingerprint density at radius 2 is 1.91 bits per heavy atom. The van der Waals surface area contributed by atoms with Crippen LogP contribution >= 0.6 is 0 Å². The first-order valence-electron chi connectivity index (χ1n) is 6.79. The van der Waals surface area contributed by atoms with Crippen molar-refractivity contribution in [2.24, 2.45) is 0 Å². The van der Waals surface area contributed by atoms with Gasteiger partial charge in [0.1, 0.15) is 11.8 Å². The van der Waals surface area contributed by atoms with Crippen LogP contribution in [0.3, 0.4) is 0 Å². The van der Waals surface area contributed by atoms with Crippen molar-refractivity contribution in [3.05, 3.63) is 53.2 Å². The molecule has 1 N–H and O–H groups in total.